The number of thiazole rings is 1. The highest BCUT2D eigenvalue weighted by atomic mass is 35.5. The van der Waals surface area contributed by atoms with E-state index >= 15 is 0 Å². The zero-order valence-corrected chi connectivity index (χ0v) is 23.4. The number of sulfonamides is 1. The molecule has 1 heterocycles. The molecule has 0 saturated heterocycles. The molecule has 11 heteroatoms. The number of para-hydroxylation sites is 1. The van der Waals surface area contributed by atoms with E-state index in [-0.39, 0.29) is 17.0 Å². The van der Waals surface area contributed by atoms with E-state index in [0.717, 1.165) is 10.2 Å². The van der Waals surface area contributed by atoms with Crippen LogP contribution >= 0.6 is 34.5 Å². The van der Waals surface area contributed by atoms with Crippen LogP contribution in [-0.4, -0.2) is 38.7 Å². The number of carbonyl (C=O) groups is 1. The molecule has 1 amide bonds. The monoisotopic (exact) mass is 577 g/mol. The van der Waals surface area contributed by atoms with Gasteiger partial charge in [-0.2, -0.15) is 4.99 Å². The number of rotatable bonds is 9. The van der Waals surface area contributed by atoms with Crippen LogP contribution in [-0.2, 0) is 21.3 Å². The lowest BCUT2D eigenvalue weighted by atomic mass is 10.2. The van der Waals surface area contributed by atoms with Crippen LogP contribution in [0.2, 0.25) is 10.0 Å². The van der Waals surface area contributed by atoms with Crippen molar-refractivity contribution in [3.63, 3.8) is 0 Å². The Bertz CT molecular complexity index is 1580. The van der Waals surface area contributed by atoms with Crippen molar-refractivity contribution in [1.29, 1.82) is 0 Å². The highest BCUT2D eigenvalue weighted by Gasteiger charge is 2.23. The lowest BCUT2D eigenvalue weighted by Crippen LogP contribution is -2.30. The van der Waals surface area contributed by atoms with Crippen molar-refractivity contribution >= 4 is 66.4 Å². The first-order chi connectivity index (χ1) is 17.8. The lowest BCUT2D eigenvalue weighted by molar-refractivity contribution is 0.0996. The number of halogens is 2. The molecule has 194 valence electrons. The number of ether oxygens (including phenoxy) is 1. The van der Waals surface area contributed by atoms with Crippen molar-refractivity contribution in [3.05, 3.63) is 87.1 Å². The van der Waals surface area contributed by atoms with Crippen LogP contribution < -0.4 is 9.11 Å². The Kier molecular flexibility index (Phi) is 8.71. The van der Waals surface area contributed by atoms with Crippen LogP contribution in [0.25, 0.3) is 10.2 Å². The van der Waals surface area contributed by atoms with Crippen molar-refractivity contribution in [2.45, 2.75) is 25.3 Å². The van der Waals surface area contributed by atoms with E-state index in [4.69, 9.17) is 27.9 Å². The summed E-state index contributed by atoms with van der Waals surface area (Å²) in [5, 5.41) is 0.944. The molecule has 0 unspecified atom stereocenters. The quantitative estimate of drug-likeness (QED) is 0.228. The fraction of sp³-hybridized carbons (Fsp3) is 0.231. The second-order valence-corrected chi connectivity index (χ2v) is 11.6. The van der Waals surface area contributed by atoms with Crippen LogP contribution in [0.3, 0.4) is 0 Å². The van der Waals surface area contributed by atoms with Gasteiger partial charge in [-0.25, -0.2) is 8.42 Å². The fourth-order valence-electron chi connectivity index (χ4n) is 3.86. The van der Waals surface area contributed by atoms with E-state index in [1.54, 1.807) is 43.3 Å². The maximum atomic E-state index is 13.2. The van der Waals surface area contributed by atoms with E-state index in [1.165, 1.54) is 39.9 Å². The Morgan fingerprint density at radius 2 is 1.76 bits per heavy atom. The molecule has 4 rings (SSSR count). The zero-order chi connectivity index (χ0) is 26.6. The number of aromatic nitrogens is 1. The predicted octanol–water partition coefficient (Wildman–Crippen LogP) is 6.00. The molecule has 0 aliphatic carbocycles. The summed E-state index contributed by atoms with van der Waals surface area (Å²) >= 11 is 13.9. The van der Waals surface area contributed by atoms with Crippen LogP contribution in [0, 0.1) is 0 Å². The number of carbonyl (C=O) groups excluding carboxylic acids is 1. The lowest BCUT2D eigenvalue weighted by Gasteiger charge is -2.22. The van der Waals surface area contributed by atoms with Gasteiger partial charge in [0.25, 0.3) is 15.9 Å². The smallest absolute Gasteiger partial charge is 0.279 e. The summed E-state index contributed by atoms with van der Waals surface area (Å²) in [5.74, 6) is -0.502. The molecule has 0 aliphatic heterocycles. The largest absolute Gasteiger partial charge is 0.380 e. The summed E-state index contributed by atoms with van der Waals surface area (Å²) in [7, 11) is -3.80. The van der Waals surface area contributed by atoms with E-state index in [1.807, 2.05) is 17.6 Å². The average molecular weight is 579 g/mol. The van der Waals surface area contributed by atoms with Crippen molar-refractivity contribution in [2.24, 2.45) is 4.99 Å². The second kappa shape index (κ2) is 11.8. The summed E-state index contributed by atoms with van der Waals surface area (Å²) in [6.45, 7) is 5.37. The van der Waals surface area contributed by atoms with Gasteiger partial charge in [0.1, 0.15) is 0 Å². The fourth-order valence-corrected chi connectivity index (χ4v) is 7.17. The molecule has 0 atom stereocenters. The Hall–Kier alpha value is -2.69. The zero-order valence-electron chi connectivity index (χ0n) is 20.2. The predicted molar refractivity (Wildman–Crippen MR) is 149 cm³/mol. The maximum absolute atomic E-state index is 13.2. The minimum absolute atomic E-state index is 0.0878. The van der Waals surface area contributed by atoms with Crippen molar-refractivity contribution in [1.82, 2.24) is 4.57 Å². The minimum Gasteiger partial charge on any atom is -0.380 e. The van der Waals surface area contributed by atoms with Gasteiger partial charge in [0.05, 0.1) is 32.4 Å². The number of hydrogen-bond donors (Lipinski definition) is 0. The summed E-state index contributed by atoms with van der Waals surface area (Å²) in [6, 6.07) is 18.1. The van der Waals surface area contributed by atoms with Crippen molar-refractivity contribution in [3.8, 4) is 0 Å². The summed E-state index contributed by atoms with van der Waals surface area (Å²) in [4.78, 5) is 17.9. The van der Waals surface area contributed by atoms with Crippen LogP contribution in [0.5, 0.6) is 0 Å². The molecule has 37 heavy (non-hydrogen) atoms. The highest BCUT2D eigenvalue weighted by Crippen LogP contribution is 2.30. The molecular weight excluding hydrogens is 553 g/mol. The van der Waals surface area contributed by atoms with Crippen LogP contribution in [0.1, 0.15) is 24.2 Å². The van der Waals surface area contributed by atoms with Gasteiger partial charge in [0, 0.05) is 30.3 Å². The van der Waals surface area contributed by atoms with Gasteiger partial charge >= 0.3 is 0 Å². The number of benzene rings is 3. The topological polar surface area (TPSA) is 81.0 Å². The SMILES string of the molecule is CCOCCn1c(=NC(=O)c2ccc(S(=O)(=O)N(CC)c3ccccc3)cc2)sc2cc(Cl)cc(Cl)c21. The molecule has 0 fully saturated rings. The van der Waals surface area contributed by atoms with Crippen LogP contribution in [0.4, 0.5) is 5.69 Å². The summed E-state index contributed by atoms with van der Waals surface area (Å²) < 4.78 is 35.9. The van der Waals surface area contributed by atoms with E-state index in [2.05, 4.69) is 4.99 Å². The van der Waals surface area contributed by atoms with E-state index < -0.39 is 15.9 Å². The van der Waals surface area contributed by atoms with Gasteiger partial charge in [0.15, 0.2) is 4.80 Å². The molecule has 7 nitrogen and oxygen atoms in total. The first-order valence-electron chi connectivity index (χ1n) is 11.6. The van der Waals surface area contributed by atoms with E-state index in [9.17, 15) is 13.2 Å². The molecular formula is C26H25Cl2N3O4S2. The minimum atomic E-state index is -3.80. The van der Waals surface area contributed by atoms with Crippen molar-refractivity contribution < 1.29 is 17.9 Å². The van der Waals surface area contributed by atoms with Gasteiger partial charge < -0.3 is 9.30 Å². The standard InChI is InChI=1S/C26H25Cl2N3O4S2/c1-3-31(20-8-6-5-7-9-20)37(33,34)21-12-10-18(11-13-21)25(32)29-26-30(14-15-35-4-2)24-22(28)16-19(27)17-23(24)36-26/h5-13,16-17H,3-4,14-15H2,1-2H3. The summed E-state index contributed by atoms with van der Waals surface area (Å²) in [5.41, 5.74) is 1.56. The van der Waals surface area contributed by atoms with Gasteiger partial charge in [-0.1, -0.05) is 52.7 Å². The third-order valence-corrected chi connectivity index (χ3v) is 9.03. The molecule has 0 radical (unpaired) electrons. The number of fused-ring (bicyclic) bond motifs is 1. The van der Waals surface area contributed by atoms with Crippen molar-refractivity contribution in [2.75, 3.05) is 24.1 Å². The maximum Gasteiger partial charge on any atom is 0.279 e. The third-order valence-electron chi connectivity index (χ3n) is 5.58. The first kappa shape index (κ1) is 27.3. The number of nitrogens with zero attached hydrogens (tertiary/aromatic N) is 3. The Morgan fingerprint density at radius 3 is 2.41 bits per heavy atom. The van der Waals surface area contributed by atoms with Gasteiger partial charge in [-0.15, -0.1) is 0 Å². The molecule has 0 aliphatic rings. The van der Waals surface area contributed by atoms with E-state index in [0.29, 0.717) is 40.3 Å². The molecule has 4 aromatic rings. The number of anilines is 1. The first-order valence-corrected chi connectivity index (χ1v) is 14.6. The van der Waals surface area contributed by atoms with Gasteiger partial charge in [-0.05, 0) is 62.4 Å². The molecule has 0 spiro atoms. The normalized spacial score (nSPS) is 12.3. The van der Waals surface area contributed by atoms with Gasteiger partial charge in [0.2, 0.25) is 0 Å². The Morgan fingerprint density at radius 1 is 1.05 bits per heavy atom. The Labute approximate surface area is 229 Å². The molecule has 0 saturated carbocycles. The van der Waals surface area contributed by atoms with Gasteiger partial charge in [-0.3, -0.25) is 9.10 Å². The highest BCUT2D eigenvalue weighted by molar-refractivity contribution is 7.92. The molecule has 3 aromatic carbocycles. The average Bonchev–Trinajstić information content (AvgIpc) is 3.22. The summed E-state index contributed by atoms with van der Waals surface area (Å²) in [6.07, 6.45) is 0. The number of hydrogen-bond acceptors (Lipinski definition) is 5. The number of amides is 1. The Balaban J connectivity index is 1.68. The third kappa shape index (κ3) is 5.91. The molecule has 1 aromatic heterocycles. The molecule has 0 bridgehead atoms. The van der Waals surface area contributed by atoms with Crippen LogP contribution in [0.15, 0.2) is 76.6 Å². The second-order valence-electron chi connectivity index (χ2n) is 7.91. The molecule has 0 N–H and O–H groups in total.